The van der Waals surface area contributed by atoms with Gasteiger partial charge in [0.1, 0.15) is 8.74 Å². The molecule has 0 saturated heterocycles. The molecule has 13 heavy (non-hydrogen) atoms. The lowest BCUT2D eigenvalue weighted by atomic mass is 10.5. The predicted octanol–water partition coefficient (Wildman–Crippen LogP) is 3.11. The maximum atomic E-state index is 11.2. The average molecular weight is 329 g/mol. The van der Waals surface area contributed by atoms with Crippen LogP contribution in [-0.2, 0) is 4.74 Å². The van der Waals surface area contributed by atoms with E-state index in [2.05, 4.69) is 36.8 Å². The summed E-state index contributed by atoms with van der Waals surface area (Å²) in [4.78, 5) is 15.3. The van der Waals surface area contributed by atoms with Crippen LogP contribution in [0.1, 0.15) is 26.2 Å². The van der Waals surface area contributed by atoms with Crippen LogP contribution in [-0.4, -0.2) is 17.6 Å². The number of ether oxygens (including phenoxy) is 1. The van der Waals surface area contributed by atoms with E-state index in [4.69, 9.17) is 4.74 Å². The number of carbonyl (C=O) groups excluding carboxylic acids is 1. The second-order valence-electron chi connectivity index (χ2n) is 2.09. The largest absolute Gasteiger partial charge is 0.461 e. The van der Waals surface area contributed by atoms with Crippen LogP contribution in [0.4, 0.5) is 0 Å². The van der Waals surface area contributed by atoms with E-state index in [1.54, 1.807) is 12.3 Å². The Balaban J connectivity index is 2.73. The highest BCUT2D eigenvalue weighted by molar-refractivity contribution is 9.24. The second kappa shape index (κ2) is 5.07. The molecule has 6 heteroatoms. The van der Waals surface area contributed by atoms with Gasteiger partial charge in [-0.2, -0.15) is 0 Å². The summed E-state index contributed by atoms with van der Waals surface area (Å²) in [6, 6.07) is 0. The van der Waals surface area contributed by atoms with Crippen molar-refractivity contribution in [2.24, 2.45) is 0 Å². The third-order valence-corrected chi connectivity index (χ3v) is 3.58. The number of rotatable bonds is 3. The van der Waals surface area contributed by atoms with E-state index in [0.29, 0.717) is 12.3 Å². The number of aromatic nitrogens is 1. The number of thiazole rings is 1. The van der Waals surface area contributed by atoms with Crippen LogP contribution in [0.25, 0.3) is 0 Å². The minimum atomic E-state index is -0.370. The monoisotopic (exact) mass is 327 g/mol. The van der Waals surface area contributed by atoms with Crippen molar-refractivity contribution in [3.63, 3.8) is 0 Å². The number of carbonyl (C=O) groups is 1. The molecule has 0 aliphatic carbocycles. The molecule has 0 N–H and O–H groups in total. The zero-order chi connectivity index (χ0) is 9.84. The van der Waals surface area contributed by atoms with Crippen molar-refractivity contribution in [1.82, 2.24) is 4.98 Å². The molecule has 0 bridgehead atoms. The fourth-order valence-electron chi connectivity index (χ4n) is 0.687. The Morgan fingerprint density at radius 2 is 2.46 bits per heavy atom. The van der Waals surface area contributed by atoms with Crippen LogP contribution in [0.2, 0.25) is 0 Å². The topological polar surface area (TPSA) is 39.2 Å². The first-order chi connectivity index (χ1) is 6.15. The van der Waals surface area contributed by atoms with Crippen LogP contribution in [0.5, 0.6) is 0 Å². The summed E-state index contributed by atoms with van der Waals surface area (Å²) < 4.78 is 4.79. The first kappa shape index (κ1) is 11.1. The number of alkyl halides is 2. The highest BCUT2D eigenvalue weighted by atomic mass is 79.9. The molecule has 0 aliphatic heterocycles. The van der Waals surface area contributed by atoms with Crippen molar-refractivity contribution in [2.45, 2.75) is 10.7 Å². The summed E-state index contributed by atoms with van der Waals surface area (Å²) in [6.45, 7) is 2.14. The van der Waals surface area contributed by atoms with E-state index in [-0.39, 0.29) is 9.71 Å². The Hall–Kier alpha value is 0.0600. The maximum Gasteiger partial charge on any atom is 0.357 e. The molecule has 1 aromatic rings. The molecular formula is C7H7Br2NO2S. The minimum absolute atomic E-state index is 0.00632. The van der Waals surface area contributed by atoms with E-state index >= 15 is 0 Å². The van der Waals surface area contributed by atoms with Gasteiger partial charge in [0, 0.05) is 5.38 Å². The molecule has 1 heterocycles. The van der Waals surface area contributed by atoms with Gasteiger partial charge in [-0.3, -0.25) is 0 Å². The molecule has 72 valence electrons. The van der Waals surface area contributed by atoms with Gasteiger partial charge in [0.05, 0.1) is 6.61 Å². The highest BCUT2D eigenvalue weighted by Crippen LogP contribution is 2.31. The van der Waals surface area contributed by atoms with Gasteiger partial charge in [-0.15, -0.1) is 11.3 Å². The van der Waals surface area contributed by atoms with E-state index in [9.17, 15) is 4.79 Å². The molecule has 0 spiro atoms. The number of hydrogen-bond donors (Lipinski definition) is 0. The summed E-state index contributed by atoms with van der Waals surface area (Å²) in [5.41, 5.74) is 0.366. The molecule has 0 aromatic carbocycles. The zero-order valence-electron chi connectivity index (χ0n) is 6.79. The molecule has 1 aromatic heterocycles. The summed E-state index contributed by atoms with van der Waals surface area (Å²) in [7, 11) is 0. The molecule has 0 fully saturated rings. The Labute approximate surface area is 96.8 Å². The van der Waals surface area contributed by atoms with Crippen molar-refractivity contribution in [2.75, 3.05) is 6.61 Å². The highest BCUT2D eigenvalue weighted by Gasteiger charge is 2.14. The average Bonchev–Trinajstić information content (AvgIpc) is 2.52. The third kappa shape index (κ3) is 3.03. The second-order valence-corrected chi connectivity index (χ2v) is 6.04. The number of hydrogen-bond acceptors (Lipinski definition) is 4. The minimum Gasteiger partial charge on any atom is -0.461 e. The van der Waals surface area contributed by atoms with E-state index < -0.39 is 0 Å². The van der Waals surface area contributed by atoms with Gasteiger partial charge in [0.2, 0.25) is 0 Å². The van der Waals surface area contributed by atoms with E-state index in [1.807, 2.05) is 0 Å². The van der Waals surface area contributed by atoms with Gasteiger partial charge in [-0.05, 0) is 6.92 Å². The molecule has 0 aliphatic rings. The van der Waals surface area contributed by atoms with Crippen molar-refractivity contribution in [3.05, 3.63) is 16.1 Å². The fourth-order valence-corrected chi connectivity index (χ4v) is 2.17. The van der Waals surface area contributed by atoms with Crippen LogP contribution < -0.4 is 0 Å². The standard InChI is InChI=1S/C7H7Br2NO2S/c1-2-12-7(11)4-3-13-6(10-4)5(8)9/h3,5H,2H2,1H3. The zero-order valence-corrected chi connectivity index (χ0v) is 10.8. The van der Waals surface area contributed by atoms with Crippen molar-refractivity contribution >= 4 is 49.2 Å². The lowest BCUT2D eigenvalue weighted by Crippen LogP contribution is -2.04. The molecule has 0 unspecified atom stereocenters. The maximum absolute atomic E-state index is 11.2. The molecule has 3 nitrogen and oxygen atoms in total. The van der Waals surface area contributed by atoms with Crippen LogP contribution in [0.3, 0.4) is 0 Å². The molecule has 0 amide bonds. The van der Waals surface area contributed by atoms with E-state index in [1.165, 1.54) is 11.3 Å². The van der Waals surface area contributed by atoms with Crippen molar-refractivity contribution in [3.8, 4) is 0 Å². The first-order valence-corrected chi connectivity index (χ1v) is 6.27. The lowest BCUT2D eigenvalue weighted by molar-refractivity contribution is 0.0520. The number of esters is 1. The normalized spacial score (nSPS) is 10.5. The fraction of sp³-hybridized carbons (Fsp3) is 0.429. The molecule has 0 saturated carbocycles. The van der Waals surface area contributed by atoms with E-state index in [0.717, 1.165) is 5.01 Å². The molecule has 0 radical (unpaired) electrons. The lowest BCUT2D eigenvalue weighted by Gasteiger charge is -1.96. The third-order valence-electron chi connectivity index (χ3n) is 1.19. The molecular weight excluding hydrogens is 322 g/mol. The predicted molar refractivity (Wildman–Crippen MR) is 58.7 cm³/mol. The summed E-state index contributed by atoms with van der Waals surface area (Å²) >= 11 is 8.00. The summed E-state index contributed by atoms with van der Waals surface area (Å²) in [5.74, 6) is -0.370. The van der Waals surface area contributed by atoms with Crippen LogP contribution in [0.15, 0.2) is 5.38 Å². The van der Waals surface area contributed by atoms with Gasteiger partial charge >= 0.3 is 5.97 Å². The Kier molecular flexibility index (Phi) is 4.34. The smallest absolute Gasteiger partial charge is 0.357 e. The first-order valence-electron chi connectivity index (χ1n) is 3.55. The van der Waals surface area contributed by atoms with Gasteiger partial charge in [-0.1, -0.05) is 31.9 Å². The van der Waals surface area contributed by atoms with Crippen molar-refractivity contribution in [1.29, 1.82) is 0 Å². The van der Waals surface area contributed by atoms with Gasteiger partial charge in [-0.25, -0.2) is 9.78 Å². The van der Waals surface area contributed by atoms with Gasteiger partial charge in [0.25, 0.3) is 0 Å². The quantitative estimate of drug-likeness (QED) is 0.632. The van der Waals surface area contributed by atoms with Crippen molar-refractivity contribution < 1.29 is 9.53 Å². The number of halogens is 2. The number of nitrogens with zero attached hydrogens (tertiary/aromatic N) is 1. The Morgan fingerprint density at radius 1 is 1.77 bits per heavy atom. The van der Waals surface area contributed by atoms with Crippen LogP contribution in [0, 0.1) is 0 Å². The summed E-state index contributed by atoms with van der Waals surface area (Å²) in [6.07, 6.45) is 0. The Bertz CT molecular complexity index is 300. The van der Waals surface area contributed by atoms with Gasteiger partial charge < -0.3 is 4.74 Å². The molecule has 1 rings (SSSR count). The summed E-state index contributed by atoms with van der Waals surface area (Å²) in [5, 5.41) is 2.49. The Morgan fingerprint density at radius 3 is 2.92 bits per heavy atom. The molecule has 0 atom stereocenters. The SMILES string of the molecule is CCOC(=O)c1csc(C(Br)Br)n1. The van der Waals surface area contributed by atoms with Crippen LogP contribution >= 0.6 is 43.2 Å². The van der Waals surface area contributed by atoms with Gasteiger partial charge in [0.15, 0.2) is 5.69 Å².